The molecule has 0 radical (unpaired) electrons. The van der Waals surface area contributed by atoms with Crippen LogP contribution in [0.1, 0.15) is 10.4 Å². The molecule has 1 aromatic heterocycles. The maximum Gasteiger partial charge on any atom is 0.242 e. The molecule has 0 atom stereocenters. The number of guanidine groups is 1. The van der Waals surface area contributed by atoms with Crippen molar-refractivity contribution in [2.75, 3.05) is 20.6 Å². The standard InChI is InChI=1S/C16H22N4O2S2/c1-20(2)24(21,22)15-7-5-13(6-8-15)12-19-16(17)18-10-9-14-4-3-11-23-14/h3-8,11H,9-10,12H2,1-2H3,(H3,17,18,19). The van der Waals surface area contributed by atoms with Gasteiger partial charge in [-0.3, -0.25) is 0 Å². The molecule has 1 aromatic carbocycles. The van der Waals surface area contributed by atoms with Gasteiger partial charge >= 0.3 is 0 Å². The summed E-state index contributed by atoms with van der Waals surface area (Å²) in [5, 5.41) is 5.12. The molecule has 2 rings (SSSR count). The number of benzene rings is 1. The molecule has 0 spiro atoms. The number of aliphatic imine (C=N–C) groups is 1. The van der Waals surface area contributed by atoms with Crippen molar-refractivity contribution in [1.29, 1.82) is 0 Å². The smallest absolute Gasteiger partial charge is 0.242 e. The Bertz CT molecular complexity index is 767. The average Bonchev–Trinajstić information content (AvgIpc) is 3.06. The number of nitrogens with zero attached hydrogens (tertiary/aromatic N) is 2. The predicted octanol–water partition coefficient (Wildman–Crippen LogP) is 1.65. The van der Waals surface area contributed by atoms with Crippen LogP contribution in [0.4, 0.5) is 0 Å². The van der Waals surface area contributed by atoms with E-state index < -0.39 is 10.0 Å². The quantitative estimate of drug-likeness (QED) is 0.576. The third-order valence-electron chi connectivity index (χ3n) is 3.39. The Morgan fingerprint density at radius 3 is 2.54 bits per heavy atom. The van der Waals surface area contributed by atoms with Gasteiger partial charge in [-0.05, 0) is 35.6 Å². The van der Waals surface area contributed by atoms with Gasteiger partial charge in [-0.15, -0.1) is 11.3 Å². The third-order valence-corrected chi connectivity index (χ3v) is 6.16. The molecule has 0 saturated carbocycles. The number of thiophene rings is 1. The number of sulfonamides is 1. The zero-order valence-electron chi connectivity index (χ0n) is 13.8. The van der Waals surface area contributed by atoms with Crippen LogP contribution in [0, 0.1) is 0 Å². The highest BCUT2D eigenvalue weighted by Crippen LogP contribution is 2.14. The summed E-state index contributed by atoms with van der Waals surface area (Å²) in [7, 11) is -0.377. The highest BCUT2D eigenvalue weighted by Gasteiger charge is 2.16. The van der Waals surface area contributed by atoms with Gasteiger partial charge < -0.3 is 11.1 Å². The normalized spacial score (nSPS) is 12.5. The molecule has 0 aliphatic carbocycles. The molecule has 1 heterocycles. The number of hydrogen-bond donors (Lipinski definition) is 2. The zero-order chi connectivity index (χ0) is 17.6. The molecular formula is C16H22N4O2S2. The van der Waals surface area contributed by atoms with E-state index in [1.165, 1.54) is 23.3 Å². The first-order valence-corrected chi connectivity index (χ1v) is 9.79. The van der Waals surface area contributed by atoms with E-state index in [9.17, 15) is 8.42 Å². The third kappa shape index (κ3) is 5.05. The van der Waals surface area contributed by atoms with Crippen LogP contribution in [0.3, 0.4) is 0 Å². The predicted molar refractivity (Wildman–Crippen MR) is 98.7 cm³/mol. The summed E-state index contributed by atoms with van der Waals surface area (Å²) in [6.07, 6.45) is 0.908. The van der Waals surface area contributed by atoms with Gasteiger partial charge in [-0.2, -0.15) is 0 Å². The second-order valence-electron chi connectivity index (χ2n) is 5.39. The van der Waals surface area contributed by atoms with Crippen LogP contribution >= 0.6 is 11.3 Å². The van der Waals surface area contributed by atoms with E-state index >= 15 is 0 Å². The van der Waals surface area contributed by atoms with Crippen molar-refractivity contribution in [3.8, 4) is 0 Å². The van der Waals surface area contributed by atoms with Crippen molar-refractivity contribution < 1.29 is 8.42 Å². The highest BCUT2D eigenvalue weighted by molar-refractivity contribution is 7.89. The molecule has 6 nitrogen and oxygen atoms in total. The largest absolute Gasteiger partial charge is 0.370 e. The number of rotatable bonds is 7. The maximum absolute atomic E-state index is 12.0. The first-order chi connectivity index (χ1) is 11.4. The Morgan fingerprint density at radius 1 is 1.25 bits per heavy atom. The summed E-state index contributed by atoms with van der Waals surface area (Å²) in [6.45, 7) is 1.13. The topological polar surface area (TPSA) is 87.8 Å². The van der Waals surface area contributed by atoms with Crippen LogP contribution in [-0.2, 0) is 23.0 Å². The molecule has 0 bridgehead atoms. The highest BCUT2D eigenvalue weighted by atomic mass is 32.2. The van der Waals surface area contributed by atoms with E-state index in [1.54, 1.807) is 35.6 Å². The Hall–Kier alpha value is -1.90. The van der Waals surface area contributed by atoms with Crippen LogP contribution in [0.2, 0.25) is 0 Å². The molecule has 8 heteroatoms. The second-order valence-corrected chi connectivity index (χ2v) is 8.57. The summed E-state index contributed by atoms with van der Waals surface area (Å²) in [5.74, 6) is 0.386. The Balaban J connectivity index is 1.86. The molecule has 130 valence electrons. The molecule has 24 heavy (non-hydrogen) atoms. The summed E-state index contributed by atoms with van der Waals surface area (Å²) in [4.78, 5) is 5.83. The lowest BCUT2D eigenvalue weighted by Crippen LogP contribution is -2.33. The summed E-state index contributed by atoms with van der Waals surface area (Å²) < 4.78 is 25.2. The Labute approximate surface area is 147 Å². The van der Waals surface area contributed by atoms with E-state index in [2.05, 4.69) is 16.4 Å². The van der Waals surface area contributed by atoms with E-state index in [-0.39, 0.29) is 4.90 Å². The van der Waals surface area contributed by atoms with Crippen molar-refractivity contribution in [2.24, 2.45) is 10.7 Å². The van der Waals surface area contributed by atoms with Gasteiger partial charge in [-0.25, -0.2) is 17.7 Å². The number of nitrogens with two attached hydrogens (primary N) is 1. The van der Waals surface area contributed by atoms with Gasteiger partial charge in [0.05, 0.1) is 11.4 Å². The van der Waals surface area contributed by atoms with Crippen LogP contribution < -0.4 is 11.1 Å². The van der Waals surface area contributed by atoms with Crippen molar-refractivity contribution >= 4 is 27.3 Å². The fourth-order valence-electron chi connectivity index (χ4n) is 1.98. The Morgan fingerprint density at radius 2 is 1.96 bits per heavy atom. The fraction of sp³-hybridized carbons (Fsp3) is 0.312. The van der Waals surface area contributed by atoms with E-state index in [4.69, 9.17) is 5.73 Å². The SMILES string of the molecule is CN(C)S(=O)(=O)c1ccc(CN=C(N)NCCc2cccs2)cc1. The molecule has 0 aliphatic rings. The molecule has 0 aliphatic heterocycles. The first-order valence-electron chi connectivity index (χ1n) is 7.47. The minimum absolute atomic E-state index is 0.266. The lowest BCUT2D eigenvalue weighted by molar-refractivity contribution is 0.520. The molecule has 0 saturated heterocycles. The van der Waals surface area contributed by atoms with E-state index in [0.29, 0.717) is 12.5 Å². The molecule has 0 fully saturated rings. The molecule has 0 amide bonds. The summed E-state index contributed by atoms with van der Waals surface area (Å²) >= 11 is 1.72. The maximum atomic E-state index is 12.0. The van der Waals surface area contributed by atoms with Crippen LogP contribution in [0.15, 0.2) is 51.7 Å². The zero-order valence-corrected chi connectivity index (χ0v) is 15.4. The van der Waals surface area contributed by atoms with Gasteiger partial charge in [0.2, 0.25) is 10.0 Å². The second kappa shape index (κ2) is 8.27. The van der Waals surface area contributed by atoms with Gasteiger partial charge in [-0.1, -0.05) is 18.2 Å². The number of hydrogen-bond acceptors (Lipinski definition) is 4. The van der Waals surface area contributed by atoms with E-state index in [1.807, 2.05) is 11.4 Å². The van der Waals surface area contributed by atoms with Gasteiger partial charge in [0.15, 0.2) is 5.96 Å². The molecule has 0 unspecified atom stereocenters. The summed E-state index contributed by atoms with van der Waals surface area (Å²) in [5.41, 5.74) is 6.74. The minimum Gasteiger partial charge on any atom is -0.370 e. The molecular weight excluding hydrogens is 344 g/mol. The Kier molecular flexibility index (Phi) is 6.36. The molecule has 2 aromatic rings. The van der Waals surface area contributed by atoms with Crippen LogP contribution in [-0.4, -0.2) is 39.3 Å². The molecule has 3 N–H and O–H groups in total. The number of nitrogens with one attached hydrogen (secondary N) is 1. The van der Waals surface area contributed by atoms with Gasteiger partial charge in [0, 0.05) is 25.5 Å². The van der Waals surface area contributed by atoms with Crippen LogP contribution in [0.25, 0.3) is 0 Å². The van der Waals surface area contributed by atoms with Gasteiger partial charge in [0.25, 0.3) is 0 Å². The van der Waals surface area contributed by atoms with Crippen molar-refractivity contribution in [1.82, 2.24) is 9.62 Å². The monoisotopic (exact) mass is 366 g/mol. The van der Waals surface area contributed by atoms with Crippen molar-refractivity contribution in [2.45, 2.75) is 17.9 Å². The van der Waals surface area contributed by atoms with Crippen molar-refractivity contribution in [3.05, 3.63) is 52.2 Å². The average molecular weight is 367 g/mol. The van der Waals surface area contributed by atoms with Crippen molar-refractivity contribution in [3.63, 3.8) is 0 Å². The fourth-order valence-corrected chi connectivity index (χ4v) is 3.59. The van der Waals surface area contributed by atoms with Gasteiger partial charge in [0.1, 0.15) is 0 Å². The van der Waals surface area contributed by atoms with Crippen LogP contribution in [0.5, 0.6) is 0 Å². The lowest BCUT2D eigenvalue weighted by Gasteiger charge is -2.11. The minimum atomic E-state index is -3.40. The van der Waals surface area contributed by atoms with E-state index in [0.717, 1.165) is 18.5 Å². The lowest BCUT2D eigenvalue weighted by atomic mass is 10.2. The first kappa shape index (κ1) is 18.4. The summed E-state index contributed by atoms with van der Waals surface area (Å²) in [6, 6.07) is 10.8.